The van der Waals surface area contributed by atoms with E-state index < -0.39 is 0 Å². The Kier molecular flexibility index (Phi) is 4.61. The average molecular weight is 267 g/mol. The minimum absolute atomic E-state index is 0.0189. The van der Waals surface area contributed by atoms with Gasteiger partial charge in [-0.15, -0.1) is 0 Å². The molecule has 1 aromatic rings. The summed E-state index contributed by atoms with van der Waals surface area (Å²) in [5.41, 5.74) is 0.667. The lowest BCUT2D eigenvalue weighted by Crippen LogP contribution is -2.40. The summed E-state index contributed by atoms with van der Waals surface area (Å²) in [6.45, 7) is 5.11. The maximum absolute atomic E-state index is 11.9. The highest BCUT2D eigenvalue weighted by Crippen LogP contribution is 2.16. The van der Waals surface area contributed by atoms with Gasteiger partial charge in [-0.25, -0.2) is 0 Å². The van der Waals surface area contributed by atoms with Gasteiger partial charge in [-0.3, -0.25) is 9.69 Å². The third-order valence-corrected chi connectivity index (χ3v) is 3.76. The Morgan fingerprint density at radius 2 is 2.17 bits per heavy atom. The minimum atomic E-state index is -0.0189. The van der Waals surface area contributed by atoms with E-state index in [-0.39, 0.29) is 5.91 Å². The van der Waals surface area contributed by atoms with Crippen molar-refractivity contribution >= 4 is 17.5 Å². The predicted molar refractivity (Wildman–Crippen MR) is 74.1 cm³/mol. The van der Waals surface area contributed by atoms with Gasteiger partial charge in [-0.1, -0.05) is 18.5 Å². The first-order valence-electron chi connectivity index (χ1n) is 6.48. The number of benzene rings is 1. The summed E-state index contributed by atoms with van der Waals surface area (Å²) in [5, 5.41) is 3.65. The molecule has 98 valence electrons. The molecular weight excluding hydrogens is 248 g/mol. The maximum Gasteiger partial charge on any atom is 0.251 e. The van der Waals surface area contributed by atoms with Crippen molar-refractivity contribution in [3.63, 3.8) is 0 Å². The molecule has 1 aliphatic heterocycles. The quantitative estimate of drug-likeness (QED) is 0.908. The van der Waals surface area contributed by atoms with E-state index in [1.54, 1.807) is 24.3 Å². The Labute approximate surface area is 113 Å². The van der Waals surface area contributed by atoms with Gasteiger partial charge in [0.05, 0.1) is 0 Å². The largest absolute Gasteiger partial charge is 0.350 e. The zero-order valence-corrected chi connectivity index (χ0v) is 11.4. The number of hydrogen-bond acceptors (Lipinski definition) is 2. The molecule has 1 atom stereocenters. The van der Waals surface area contributed by atoms with Crippen molar-refractivity contribution in [2.45, 2.75) is 25.8 Å². The second-order valence-electron chi connectivity index (χ2n) is 4.64. The van der Waals surface area contributed by atoms with E-state index in [9.17, 15) is 4.79 Å². The lowest BCUT2D eigenvalue weighted by atomic mass is 10.2. The molecule has 0 aromatic heterocycles. The Morgan fingerprint density at radius 1 is 1.44 bits per heavy atom. The number of likely N-dealkylation sites (tertiary alicyclic amines) is 1. The molecule has 0 spiro atoms. The molecule has 1 heterocycles. The standard InChI is InChI=1S/C14H19ClN2O/c1-2-17-9-3-4-13(17)10-16-14(18)11-5-7-12(15)8-6-11/h5-8,13H,2-4,9-10H2,1H3,(H,16,18). The van der Waals surface area contributed by atoms with Gasteiger partial charge in [0, 0.05) is 23.2 Å². The van der Waals surface area contributed by atoms with Crippen molar-refractivity contribution in [1.82, 2.24) is 10.2 Å². The number of rotatable bonds is 4. The maximum atomic E-state index is 11.9. The summed E-state index contributed by atoms with van der Waals surface area (Å²) >= 11 is 5.80. The molecule has 1 fully saturated rings. The molecule has 3 nitrogen and oxygen atoms in total. The van der Waals surface area contributed by atoms with Crippen molar-refractivity contribution in [1.29, 1.82) is 0 Å². The van der Waals surface area contributed by atoms with E-state index in [2.05, 4.69) is 17.1 Å². The highest BCUT2D eigenvalue weighted by atomic mass is 35.5. The van der Waals surface area contributed by atoms with Crippen LogP contribution in [0.25, 0.3) is 0 Å². The van der Waals surface area contributed by atoms with Crippen LogP contribution in [0.4, 0.5) is 0 Å². The summed E-state index contributed by atoms with van der Waals surface area (Å²) in [6.07, 6.45) is 2.41. The van der Waals surface area contributed by atoms with Crippen molar-refractivity contribution in [2.24, 2.45) is 0 Å². The highest BCUT2D eigenvalue weighted by molar-refractivity contribution is 6.30. The van der Waals surface area contributed by atoms with E-state index in [4.69, 9.17) is 11.6 Å². The van der Waals surface area contributed by atoms with E-state index in [1.807, 2.05) is 0 Å². The summed E-state index contributed by atoms with van der Waals surface area (Å²) in [6, 6.07) is 7.48. The van der Waals surface area contributed by atoms with Crippen molar-refractivity contribution in [3.8, 4) is 0 Å². The zero-order valence-electron chi connectivity index (χ0n) is 10.7. The fourth-order valence-electron chi connectivity index (χ4n) is 2.46. The zero-order chi connectivity index (χ0) is 13.0. The SMILES string of the molecule is CCN1CCCC1CNC(=O)c1ccc(Cl)cc1. The normalized spacial score (nSPS) is 20.0. The second kappa shape index (κ2) is 6.21. The minimum Gasteiger partial charge on any atom is -0.350 e. The Morgan fingerprint density at radius 3 is 2.83 bits per heavy atom. The third-order valence-electron chi connectivity index (χ3n) is 3.51. The number of nitrogens with one attached hydrogen (secondary N) is 1. The van der Waals surface area contributed by atoms with Crippen LogP contribution in [0.3, 0.4) is 0 Å². The van der Waals surface area contributed by atoms with Crippen LogP contribution in [0.2, 0.25) is 5.02 Å². The fourth-order valence-corrected chi connectivity index (χ4v) is 2.58. The van der Waals surface area contributed by atoms with Crippen LogP contribution >= 0.6 is 11.6 Å². The Hall–Kier alpha value is -1.06. The number of hydrogen-bond donors (Lipinski definition) is 1. The number of carbonyl (C=O) groups is 1. The molecule has 1 N–H and O–H groups in total. The van der Waals surface area contributed by atoms with Gasteiger partial charge in [-0.2, -0.15) is 0 Å². The van der Waals surface area contributed by atoms with Crippen LogP contribution in [0.15, 0.2) is 24.3 Å². The Balaban J connectivity index is 1.86. The van der Waals surface area contributed by atoms with Gasteiger partial charge in [0.25, 0.3) is 5.91 Å². The smallest absolute Gasteiger partial charge is 0.251 e. The molecule has 18 heavy (non-hydrogen) atoms. The van der Waals surface area contributed by atoms with E-state index in [1.165, 1.54) is 12.8 Å². The number of halogens is 1. The molecule has 1 aliphatic rings. The number of amides is 1. The topological polar surface area (TPSA) is 32.3 Å². The number of likely N-dealkylation sites (N-methyl/N-ethyl adjacent to an activating group) is 1. The molecule has 0 aliphatic carbocycles. The fraction of sp³-hybridized carbons (Fsp3) is 0.500. The molecule has 2 rings (SSSR count). The molecule has 1 aromatic carbocycles. The first-order valence-corrected chi connectivity index (χ1v) is 6.86. The van der Waals surface area contributed by atoms with Gasteiger partial charge in [0.15, 0.2) is 0 Å². The summed E-state index contributed by atoms with van der Waals surface area (Å²) in [4.78, 5) is 14.4. The monoisotopic (exact) mass is 266 g/mol. The number of carbonyl (C=O) groups excluding carboxylic acids is 1. The first kappa shape index (κ1) is 13.4. The summed E-state index contributed by atoms with van der Waals surface area (Å²) in [7, 11) is 0. The van der Waals surface area contributed by atoms with E-state index in [0.717, 1.165) is 19.6 Å². The summed E-state index contributed by atoms with van der Waals surface area (Å²) in [5.74, 6) is -0.0189. The van der Waals surface area contributed by atoms with Gasteiger partial charge in [-0.05, 0) is 50.2 Å². The van der Waals surface area contributed by atoms with E-state index >= 15 is 0 Å². The van der Waals surface area contributed by atoms with Crippen LogP contribution in [-0.2, 0) is 0 Å². The predicted octanol–water partition coefficient (Wildman–Crippen LogP) is 2.55. The highest BCUT2D eigenvalue weighted by Gasteiger charge is 2.23. The van der Waals surface area contributed by atoms with Gasteiger partial charge in [0.2, 0.25) is 0 Å². The van der Waals surface area contributed by atoms with E-state index in [0.29, 0.717) is 16.6 Å². The van der Waals surface area contributed by atoms with Crippen molar-refractivity contribution < 1.29 is 4.79 Å². The first-order chi connectivity index (χ1) is 8.70. The number of nitrogens with zero attached hydrogens (tertiary/aromatic N) is 1. The van der Waals surface area contributed by atoms with Crippen LogP contribution in [0, 0.1) is 0 Å². The molecule has 1 unspecified atom stereocenters. The molecule has 1 saturated heterocycles. The second-order valence-corrected chi connectivity index (χ2v) is 5.08. The molecule has 0 radical (unpaired) electrons. The lowest BCUT2D eigenvalue weighted by Gasteiger charge is -2.22. The lowest BCUT2D eigenvalue weighted by molar-refractivity contribution is 0.0941. The van der Waals surface area contributed by atoms with Crippen LogP contribution in [0.5, 0.6) is 0 Å². The summed E-state index contributed by atoms with van der Waals surface area (Å²) < 4.78 is 0. The molecule has 0 bridgehead atoms. The van der Waals surface area contributed by atoms with Crippen LogP contribution in [-0.4, -0.2) is 36.5 Å². The molecule has 0 saturated carbocycles. The molecule has 4 heteroatoms. The van der Waals surface area contributed by atoms with Crippen LogP contribution < -0.4 is 5.32 Å². The Bertz CT molecular complexity index is 405. The van der Waals surface area contributed by atoms with Crippen molar-refractivity contribution in [2.75, 3.05) is 19.6 Å². The van der Waals surface area contributed by atoms with Gasteiger partial charge < -0.3 is 5.32 Å². The molecular formula is C14H19ClN2O. The third kappa shape index (κ3) is 3.24. The average Bonchev–Trinajstić information content (AvgIpc) is 2.84. The molecule has 1 amide bonds. The van der Waals surface area contributed by atoms with Crippen LogP contribution in [0.1, 0.15) is 30.1 Å². The van der Waals surface area contributed by atoms with Gasteiger partial charge >= 0.3 is 0 Å². The van der Waals surface area contributed by atoms with Gasteiger partial charge in [0.1, 0.15) is 0 Å². The van der Waals surface area contributed by atoms with Crippen molar-refractivity contribution in [3.05, 3.63) is 34.9 Å².